The number of rotatable bonds is 4. The summed E-state index contributed by atoms with van der Waals surface area (Å²) in [6.07, 6.45) is -3.76. The quantitative estimate of drug-likeness (QED) is 0.673. The molecule has 0 N–H and O–H groups in total. The first-order valence-electron chi connectivity index (χ1n) is 7.95. The Morgan fingerprint density at radius 3 is 2.32 bits per heavy atom. The molecule has 0 radical (unpaired) electrons. The number of hydrogen-bond acceptors (Lipinski definition) is 2. The van der Waals surface area contributed by atoms with E-state index in [1.807, 2.05) is 0 Å². The van der Waals surface area contributed by atoms with E-state index in [1.165, 1.54) is 12.1 Å². The van der Waals surface area contributed by atoms with Crippen molar-refractivity contribution in [2.24, 2.45) is 5.41 Å². The van der Waals surface area contributed by atoms with Crippen LogP contribution >= 0.6 is 0 Å². The number of benzene rings is 2. The van der Waals surface area contributed by atoms with E-state index in [4.69, 9.17) is 10.00 Å². The van der Waals surface area contributed by atoms with E-state index in [9.17, 15) is 13.2 Å². The van der Waals surface area contributed by atoms with Crippen LogP contribution in [0.1, 0.15) is 38.3 Å². The van der Waals surface area contributed by atoms with Crippen LogP contribution in [0.2, 0.25) is 0 Å². The van der Waals surface area contributed by atoms with E-state index < -0.39 is 11.7 Å². The molecule has 0 bridgehead atoms. The van der Waals surface area contributed by atoms with E-state index in [-0.39, 0.29) is 11.0 Å². The van der Waals surface area contributed by atoms with Crippen LogP contribution in [-0.2, 0) is 6.18 Å². The zero-order chi connectivity index (χ0) is 18.7. The largest absolute Gasteiger partial charge is 0.493 e. The lowest BCUT2D eigenvalue weighted by Crippen LogP contribution is -2.11. The van der Waals surface area contributed by atoms with Crippen molar-refractivity contribution in [2.75, 3.05) is 6.61 Å². The first-order valence-corrected chi connectivity index (χ1v) is 7.95. The molecule has 0 saturated heterocycles. The van der Waals surface area contributed by atoms with Gasteiger partial charge in [-0.15, -0.1) is 0 Å². The molecule has 0 saturated carbocycles. The van der Waals surface area contributed by atoms with Crippen LogP contribution in [0.15, 0.2) is 42.5 Å². The molecule has 2 nitrogen and oxygen atoms in total. The second-order valence-corrected chi connectivity index (χ2v) is 7.03. The second kappa shape index (κ2) is 7.18. The summed E-state index contributed by atoms with van der Waals surface area (Å²) in [5, 5.41) is 8.92. The molecule has 5 heteroatoms. The summed E-state index contributed by atoms with van der Waals surface area (Å²) < 4.78 is 45.4. The van der Waals surface area contributed by atoms with Crippen LogP contribution in [0.3, 0.4) is 0 Å². The van der Waals surface area contributed by atoms with Crippen LogP contribution in [0, 0.1) is 16.7 Å². The fraction of sp³-hybridized carbons (Fsp3) is 0.350. The summed E-state index contributed by atoms with van der Waals surface area (Å²) in [6.45, 7) is 6.76. The van der Waals surface area contributed by atoms with E-state index in [0.717, 1.165) is 12.5 Å². The molecular weight excluding hydrogens is 327 g/mol. The average molecular weight is 347 g/mol. The predicted octanol–water partition coefficient (Wildman–Crippen LogP) is 6.06. The number of halogens is 3. The second-order valence-electron chi connectivity index (χ2n) is 7.03. The Kier molecular flexibility index (Phi) is 5.42. The fourth-order valence-corrected chi connectivity index (χ4v) is 2.34. The average Bonchev–Trinajstić information content (AvgIpc) is 2.53. The Bertz CT molecular complexity index is 783. The number of alkyl halides is 3. The fourth-order valence-electron chi connectivity index (χ4n) is 2.34. The van der Waals surface area contributed by atoms with Gasteiger partial charge in [0, 0.05) is 5.56 Å². The van der Waals surface area contributed by atoms with Gasteiger partial charge in [0.05, 0.1) is 23.8 Å². The van der Waals surface area contributed by atoms with Crippen molar-refractivity contribution in [1.29, 1.82) is 5.26 Å². The smallest absolute Gasteiger partial charge is 0.417 e. The zero-order valence-corrected chi connectivity index (χ0v) is 14.4. The SMILES string of the molecule is CC(C)(C)CCOc1ccccc1-c1ccc(C#N)c(C(F)(F)F)c1. The molecule has 0 aliphatic heterocycles. The molecular formula is C20H20F3NO. The lowest BCUT2D eigenvalue weighted by molar-refractivity contribution is -0.137. The molecule has 2 aromatic rings. The minimum absolute atomic E-state index is 0.104. The van der Waals surface area contributed by atoms with Gasteiger partial charge in [0.2, 0.25) is 0 Å². The van der Waals surface area contributed by atoms with Gasteiger partial charge in [0.1, 0.15) is 5.75 Å². The van der Waals surface area contributed by atoms with Crippen molar-refractivity contribution in [2.45, 2.75) is 33.4 Å². The van der Waals surface area contributed by atoms with Crippen LogP contribution in [0.4, 0.5) is 13.2 Å². The third-order valence-corrected chi connectivity index (χ3v) is 3.75. The normalized spacial score (nSPS) is 11.9. The molecule has 0 fully saturated rings. The molecule has 0 atom stereocenters. The topological polar surface area (TPSA) is 33.0 Å². The van der Waals surface area contributed by atoms with Gasteiger partial charge in [0.25, 0.3) is 0 Å². The molecule has 0 unspecified atom stereocenters. The summed E-state index contributed by atoms with van der Waals surface area (Å²) in [6, 6.07) is 12.3. The highest BCUT2D eigenvalue weighted by molar-refractivity contribution is 5.72. The van der Waals surface area contributed by atoms with Crippen LogP contribution < -0.4 is 4.74 Å². The van der Waals surface area contributed by atoms with Gasteiger partial charge in [-0.1, -0.05) is 45.0 Å². The monoisotopic (exact) mass is 347 g/mol. The first-order chi connectivity index (χ1) is 11.6. The number of para-hydroxylation sites is 1. The van der Waals surface area contributed by atoms with Crippen molar-refractivity contribution in [3.05, 3.63) is 53.6 Å². The van der Waals surface area contributed by atoms with Crippen molar-refractivity contribution < 1.29 is 17.9 Å². The van der Waals surface area contributed by atoms with Crippen molar-refractivity contribution >= 4 is 0 Å². The summed E-state index contributed by atoms with van der Waals surface area (Å²) in [4.78, 5) is 0. The van der Waals surface area contributed by atoms with Gasteiger partial charge in [-0.05, 0) is 35.6 Å². The highest BCUT2D eigenvalue weighted by Gasteiger charge is 2.34. The van der Waals surface area contributed by atoms with Gasteiger partial charge in [-0.2, -0.15) is 18.4 Å². The van der Waals surface area contributed by atoms with Crippen LogP contribution in [-0.4, -0.2) is 6.61 Å². The van der Waals surface area contributed by atoms with E-state index in [0.29, 0.717) is 23.5 Å². The summed E-state index contributed by atoms with van der Waals surface area (Å²) >= 11 is 0. The van der Waals surface area contributed by atoms with Gasteiger partial charge < -0.3 is 4.74 Å². The summed E-state index contributed by atoms with van der Waals surface area (Å²) in [7, 11) is 0. The molecule has 0 spiro atoms. The van der Waals surface area contributed by atoms with E-state index in [1.54, 1.807) is 30.3 Å². The van der Waals surface area contributed by atoms with Gasteiger partial charge >= 0.3 is 6.18 Å². The maximum atomic E-state index is 13.2. The Labute approximate surface area is 145 Å². The summed E-state index contributed by atoms with van der Waals surface area (Å²) in [5.74, 6) is 0.532. The van der Waals surface area contributed by atoms with Gasteiger partial charge in [0.15, 0.2) is 0 Å². The summed E-state index contributed by atoms with van der Waals surface area (Å²) in [5.41, 5.74) is -0.268. The lowest BCUT2D eigenvalue weighted by atomic mass is 9.93. The van der Waals surface area contributed by atoms with Crippen molar-refractivity contribution in [3.63, 3.8) is 0 Å². The van der Waals surface area contributed by atoms with Crippen LogP contribution in [0.5, 0.6) is 5.75 Å². The van der Waals surface area contributed by atoms with Gasteiger partial charge in [-0.3, -0.25) is 0 Å². The van der Waals surface area contributed by atoms with E-state index >= 15 is 0 Å². The molecule has 0 aliphatic carbocycles. The number of nitriles is 1. The third kappa shape index (κ3) is 4.99. The minimum Gasteiger partial charge on any atom is -0.493 e. The molecule has 0 heterocycles. The first kappa shape index (κ1) is 18.9. The van der Waals surface area contributed by atoms with Crippen molar-refractivity contribution in [1.82, 2.24) is 0 Å². The number of ether oxygens (including phenoxy) is 1. The highest BCUT2D eigenvalue weighted by atomic mass is 19.4. The number of hydrogen-bond donors (Lipinski definition) is 0. The number of nitrogens with zero attached hydrogens (tertiary/aromatic N) is 1. The molecule has 0 aliphatic rings. The molecule has 0 aromatic heterocycles. The Balaban J connectivity index is 2.38. The minimum atomic E-state index is -4.58. The molecule has 2 rings (SSSR count). The molecule has 25 heavy (non-hydrogen) atoms. The maximum Gasteiger partial charge on any atom is 0.417 e. The maximum absolute atomic E-state index is 13.2. The third-order valence-electron chi connectivity index (χ3n) is 3.75. The Morgan fingerprint density at radius 2 is 1.72 bits per heavy atom. The molecule has 0 amide bonds. The molecule has 2 aromatic carbocycles. The standard InChI is InChI=1S/C20H20F3NO/c1-19(2,3)10-11-25-18-7-5-4-6-16(18)14-8-9-15(13-24)17(12-14)20(21,22)23/h4-9,12H,10-11H2,1-3H3. The van der Waals surface area contributed by atoms with Gasteiger partial charge in [-0.25, -0.2) is 0 Å². The van der Waals surface area contributed by atoms with Crippen LogP contribution in [0.25, 0.3) is 11.1 Å². The highest BCUT2D eigenvalue weighted by Crippen LogP contribution is 2.37. The zero-order valence-electron chi connectivity index (χ0n) is 14.4. The Morgan fingerprint density at radius 1 is 1.04 bits per heavy atom. The predicted molar refractivity (Wildman–Crippen MR) is 91.2 cm³/mol. The lowest BCUT2D eigenvalue weighted by Gasteiger charge is -2.19. The van der Waals surface area contributed by atoms with E-state index in [2.05, 4.69) is 20.8 Å². The molecule has 132 valence electrons. The van der Waals surface area contributed by atoms with Crippen molar-refractivity contribution in [3.8, 4) is 22.9 Å². The Hall–Kier alpha value is -2.48.